The van der Waals surface area contributed by atoms with Gasteiger partial charge < -0.3 is 37.6 Å². The molecule has 5 atom stereocenters. The largest absolute Gasteiger partial charge is 0.480 e. The van der Waals surface area contributed by atoms with Gasteiger partial charge in [-0.2, -0.15) is 12.6 Å². The third kappa shape index (κ3) is 9.77. The van der Waals surface area contributed by atoms with Crippen molar-refractivity contribution in [3.05, 3.63) is 35.9 Å². The Balaban J connectivity index is 3.03. The van der Waals surface area contributed by atoms with Crippen molar-refractivity contribution >= 4 is 42.2 Å². The highest BCUT2D eigenvalue weighted by Gasteiger charge is 2.32. The number of nitrogens with one attached hydrogen (secondary N) is 3. The van der Waals surface area contributed by atoms with Gasteiger partial charge in [0.1, 0.15) is 18.1 Å². The smallest absolute Gasteiger partial charge is 0.327 e. The lowest BCUT2D eigenvalue weighted by Crippen LogP contribution is -2.60. The minimum Gasteiger partial charge on any atom is -0.480 e. The number of aliphatic carboxylic acids is 1. The van der Waals surface area contributed by atoms with Crippen LogP contribution in [-0.2, 0) is 30.4 Å². The lowest BCUT2D eigenvalue weighted by molar-refractivity contribution is -0.142. The summed E-state index contributed by atoms with van der Waals surface area (Å²) in [6.07, 6.45) is -1.50. The SMILES string of the molecule is CC(O)C(NC(=O)C(Cc1ccccc1)NC(=O)C(N)CCC(N)=O)C(=O)NC(CS)C(=O)O. The summed E-state index contributed by atoms with van der Waals surface area (Å²) in [4.78, 5) is 60.2. The van der Waals surface area contributed by atoms with Gasteiger partial charge in [0.2, 0.25) is 23.6 Å². The summed E-state index contributed by atoms with van der Waals surface area (Å²) in [6.45, 7) is 1.24. The van der Waals surface area contributed by atoms with Crippen LogP contribution < -0.4 is 27.4 Å². The number of carboxylic acid groups (broad SMARTS) is 1. The number of aliphatic hydroxyl groups is 1. The Labute approximate surface area is 202 Å². The summed E-state index contributed by atoms with van der Waals surface area (Å²) in [7, 11) is 0. The van der Waals surface area contributed by atoms with Crippen molar-refractivity contribution in [1.82, 2.24) is 16.0 Å². The van der Waals surface area contributed by atoms with Crippen molar-refractivity contribution in [1.29, 1.82) is 0 Å². The summed E-state index contributed by atoms with van der Waals surface area (Å²) in [5.41, 5.74) is 11.5. The van der Waals surface area contributed by atoms with Crippen LogP contribution in [0.2, 0.25) is 0 Å². The van der Waals surface area contributed by atoms with Crippen molar-refractivity contribution in [2.24, 2.45) is 11.5 Å². The van der Waals surface area contributed by atoms with Crippen molar-refractivity contribution in [3.63, 3.8) is 0 Å². The highest BCUT2D eigenvalue weighted by Crippen LogP contribution is 2.06. The zero-order chi connectivity index (χ0) is 25.8. The number of carbonyl (C=O) groups is 5. The summed E-state index contributed by atoms with van der Waals surface area (Å²) in [5, 5.41) is 26.2. The van der Waals surface area contributed by atoms with Crippen LogP contribution in [0.25, 0.3) is 0 Å². The summed E-state index contributed by atoms with van der Waals surface area (Å²) in [6, 6.07) is 3.55. The van der Waals surface area contributed by atoms with Gasteiger partial charge in [0.05, 0.1) is 12.1 Å². The lowest BCUT2D eigenvalue weighted by Gasteiger charge is -2.26. The van der Waals surface area contributed by atoms with E-state index in [1.807, 2.05) is 0 Å². The Morgan fingerprint density at radius 1 is 0.971 bits per heavy atom. The molecule has 13 heteroatoms. The molecule has 9 N–H and O–H groups in total. The first-order chi connectivity index (χ1) is 16.0. The average molecular weight is 498 g/mol. The third-order valence-electron chi connectivity index (χ3n) is 4.81. The normalized spacial score (nSPS) is 15.2. The van der Waals surface area contributed by atoms with Crippen LogP contribution in [0, 0.1) is 0 Å². The second kappa shape index (κ2) is 14.2. The van der Waals surface area contributed by atoms with Crippen LogP contribution in [0.1, 0.15) is 25.3 Å². The number of amides is 4. The molecule has 12 nitrogen and oxygen atoms in total. The molecule has 188 valence electrons. The fraction of sp³-hybridized carbons (Fsp3) is 0.476. The Bertz CT molecular complexity index is 868. The van der Waals surface area contributed by atoms with E-state index in [0.717, 1.165) is 0 Å². The van der Waals surface area contributed by atoms with Gasteiger partial charge in [-0.1, -0.05) is 30.3 Å². The van der Waals surface area contributed by atoms with E-state index in [0.29, 0.717) is 5.56 Å². The van der Waals surface area contributed by atoms with E-state index in [1.165, 1.54) is 6.92 Å². The number of rotatable bonds is 14. The number of primary amides is 1. The lowest BCUT2D eigenvalue weighted by atomic mass is 10.0. The topological polar surface area (TPSA) is 214 Å². The van der Waals surface area contributed by atoms with Gasteiger partial charge in [-0.05, 0) is 18.9 Å². The Morgan fingerprint density at radius 2 is 1.56 bits per heavy atom. The number of nitrogens with two attached hydrogens (primary N) is 2. The molecule has 0 radical (unpaired) electrons. The number of carboxylic acids is 1. The molecule has 1 aromatic carbocycles. The number of benzene rings is 1. The molecule has 0 saturated carbocycles. The highest BCUT2D eigenvalue weighted by molar-refractivity contribution is 7.80. The minimum atomic E-state index is -1.51. The highest BCUT2D eigenvalue weighted by atomic mass is 32.1. The molecule has 34 heavy (non-hydrogen) atoms. The fourth-order valence-electron chi connectivity index (χ4n) is 2.87. The molecule has 1 aromatic rings. The predicted octanol–water partition coefficient (Wildman–Crippen LogP) is -2.33. The molecule has 0 fully saturated rings. The van der Waals surface area contributed by atoms with Gasteiger partial charge in [0.15, 0.2) is 0 Å². The van der Waals surface area contributed by atoms with Crippen LogP contribution in [-0.4, -0.2) is 75.8 Å². The minimum absolute atomic E-state index is 0.0279. The molecule has 0 spiro atoms. The van der Waals surface area contributed by atoms with Gasteiger partial charge in [-0.3, -0.25) is 19.2 Å². The zero-order valence-corrected chi connectivity index (χ0v) is 19.5. The van der Waals surface area contributed by atoms with Gasteiger partial charge in [-0.25, -0.2) is 4.79 Å². The first-order valence-electron chi connectivity index (χ1n) is 10.5. The monoisotopic (exact) mass is 497 g/mol. The first kappa shape index (κ1) is 28.9. The summed E-state index contributed by atoms with van der Waals surface area (Å²) < 4.78 is 0. The van der Waals surface area contributed by atoms with Crippen molar-refractivity contribution < 1.29 is 34.2 Å². The van der Waals surface area contributed by atoms with Crippen molar-refractivity contribution in [2.45, 2.75) is 56.5 Å². The van der Waals surface area contributed by atoms with Crippen LogP contribution in [0.15, 0.2) is 30.3 Å². The van der Waals surface area contributed by atoms with E-state index in [9.17, 15) is 29.1 Å². The van der Waals surface area contributed by atoms with Gasteiger partial charge in [-0.15, -0.1) is 0 Å². The molecular weight excluding hydrogens is 466 g/mol. The predicted molar refractivity (Wildman–Crippen MR) is 126 cm³/mol. The van der Waals surface area contributed by atoms with E-state index >= 15 is 0 Å². The van der Waals surface area contributed by atoms with E-state index in [1.54, 1.807) is 30.3 Å². The number of hydrogen-bond acceptors (Lipinski definition) is 8. The van der Waals surface area contributed by atoms with Crippen LogP contribution in [0.5, 0.6) is 0 Å². The molecule has 0 aromatic heterocycles. The van der Waals surface area contributed by atoms with Crippen LogP contribution >= 0.6 is 12.6 Å². The molecule has 0 aliphatic rings. The maximum Gasteiger partial charge on any atom is 0.327 e. The fourth-order valence-corrected chi connectivity index (χ4v) is 3.12. The van der Waals surface area contributed by atoms with E-state index < -0.39 is 59.9 Å². The molecular formula is C21H31N5O7S. The average Bonchev–Trinajstić information content (AvgIpc) is 2.78. The molecule has 0 heterocycles. The Morgan fingerprint density at radius 3 is 2.06 bits per heavy atom. The molecule has 4 amide bonds. The summed E-state index contributed by atoms with van der Waals surface area (Å²) >= 11 is 3.86. The number of hydrogen-bond donors (Lipinski definition) is 8. The standard InChI is InChI=1S/C21H31N5O7S/c1-11(27)17(20(31)25-15(10-34)21(32)33)26-19(30)14(9-12-5-3-2-4-6-12)24-18(29)13(22)7-8-16(23)28/h2-6,11,13-15,17,27,34H,7-10,22H2,1H3,(H2,23,28)(H,24,29)(H,25,31)(H,26,30)(H,32,33). The third-order valence-corrected chi connectivity index (χ3v) is 5.18. The van der Waals surface area contributed by atoms with Crippen LogP contribution in [0.4, 0.5) is 0 Å². The van der Waals surface area contributed by atoms with Gasteiger partial charge in [0, 0.05) is 18.6 Å². The number of aliphatic hydroxyl groups excluding tert-OH is 1. The maximum absolute atomic E-state index is 13.0. The first-order valence-corrected chi connectivity index (χ1v) is 11.1. The molecule has 0 aliphatic carbocycles. The second-order valence-corrected chi connectivity index (χ2v) is 8.04. The second-order valence-electron chi connectivity index (χ2n) is 7.67. The molecule has 0 saturated heterocycles. The number of thiol groups is 1. The summed E-state index contributed by atoms with van der Waals surface area (Å²) in [5.74, 6) is -4.63. The van der Waals surface area contributed by atoms with E-state index in [-0.39, 0.29) is 25.0 Å². The molecule has 0 aliphatic heterocycles. The van der Waals surface area contributed by atoms with Gasteiger partial charge >= 0.3 is 5.97 Å². The molecule has 5 unspecified atom stereocenters. The molecule has 1 rings (SSSR count). The molecule has 0 bridgehead atoms. The number of carbonyl (C=O) groups excluding carboxylic acids is 4. The van der Waals surface area contributed by atoms with Crippen molar-refractivity contribution in [2.75, 3.05) is 5.75 Å². The van der Waals surface area contributed by atoms with Crippen LogP contribution in [0.3, 0.4) is 0 Å². The Kier molecular flexibility index (Phi) is 12.0. The Hall–Kier alpha value is -3.16. The van der Waals surface area contributed by atoms with E-state index in [2.05, 4.69) is 28.6 Å². The van der Waals surface area contributed by atoms with Gasteiger partial charge in [0.25, 0.3) is 0 Å². The van der Waals surface area contributed by atoms with Crippen molar-refractivity contribution in [3.8, 4) is 0 Å². The maximum atomic E-state index is 13.0. The quantitative estimate of drug-likeness (QED) is 0.130. The zero-order valence-electron chi connectivity index (χ0n) is 18.6. The van der Waals surface area contributed by atoms with E-state index in [4.69, 9.17) is 16.6 Å².